The zero-order valence-corrected chi connectivity index (χ0v) is 12.5. The Bertz CT molecular complexity index is 592. The summed E-state index contributed by atoms with van der Waals surface area (Å²) in [6.07, 6.45) is 3.94. The minimum Gasteiger partial charge on any atom is -0.466 e. The molecule has 108 valence electrons. The maximum Gasteiger partial charge on any atom is 0.141 e. The lowest BCUT2D eigenvalue weighted by atomic mass is 9.96. The van der Waals surface area contributed by atoms with Gasteiger partial charge in [0.05, 0.1) is 12.2 Å². The molecule has 2 aromatic rings. The first-order valence-electron chi connectivity index (χ1n) is 6.95. The number of rotatable bonds is 5. The van der Waals surface area contributed by atoms with Crippen LogP contribution < -0.4 is 5.32 Å². The molecule has 0 spiro atoms. The third kappa shape index (κ3) is 2.90. The second-order valence-electron chi connectivity index (χ2n) is 5.08. The summed E-state index contributed by atoms with van der Waals surface area (Å²) in [5, 5.41) is 3.46. The highest BCUT2D eigenvalue weighted by atomic mass is 19.1. The van der Waals surface area contributed by atoms with E-state index in [0.29, 0.717) is 0 Å². The van der Waals surface area contributed by atoms with Crippen LogP contribution in [0, 0.1) is 26.6 Å². The number of furan rings is 1. The molecule has 0 aliphatic carbocycles. The van der Waals surface area contributed by atoms with Gasteiger partial charge in [-0.15, -0.1) is 0 Å². The van der Waals surface area contributed by atoms with Gasteiger partial charge < -0.3 is 9.73 Å². The van der Waals surface area contributed by atoms with Crippen molar-refractivity contribution in [3.05, 3.63) is 52.5 Å². The topological polar surface area (TPSA) is 38.1 Å². The minimum atomic E-state index is -0.318. The van der Waals surface area contributed by atoms with Crippen LogP contribution in [0.2, 0.25) is 0 Å². The molecule has 20 heavy (non-hydrogen) atoms. The molecule has 1 N–H and O–H groups in total. The van der Waals surface area contributed by atoms with Crippen LogP contribution in [0.3, 0.4) is 0 Å². The van der Waals surface area contributed by atoms with Gasteiger partial charge in [0.25, 0.3) is 0 Å². The highest BCUT2D eigenvalue weighted by Crippen LogP contribution is 2.31. The first-order chi connectivity index (χ1) is 9.54. The number of hydrogen-bond acceptors (Lipinski definition) is 3. The van der Waals surface area contributed by atoms with Crippen LogP contribution in [0.5, 0.6) is 0 Å². The van der Waals surface area contributed by atoms with Gasteiger partial charge in [0.15, 0.2) is 0 Å². The Morgan fingerprint density at radius 2 is 2.00 bits per heavy atom. The van der Waals surface area contributed by atoms with Gasteiger partial charge in [-0.25, -0.2) is 4.39 Å². The van der Waals surface area contributed by atoms with E-state index in [1.54, 1.807) is 6.20 Å². The number of pyridine rings is 1. The predicted molar refractivity (Wildman–Crippen MR) is 77.3 cm³/mol. The summed E-state index contributed by atoms with van der Waals surface area (Å²) in [5.74, 6) is 1.46. The molecule has 2 heterocycles. The van der Waals surface area contributed by atoms with Crippen molar-refractivity contribution in [3.63, 3.8) is 0 Å². The lowest BCUT2D eigenvalue weighted by Gasteiger charge is -2.19. The smallest absolute Gasteiger partial charge is 0.141 e. The van der Waals surface area contributed by atoms with E-state index in [4.69, 9.17) is 4.42 Å². The summed E-state index contributed by atoms with van der Waals surface area (Å²) in [7, 11) is 0. The fraction of sp³-hybridized carbons (Fsp3) is 0.438. The SMILES string of the molecule is CCCNC(c1cncc(F)c1)c1c(C)oc(C)c1C. The molecule has 0 saturated carbocycles. The Labute approximate surface area is 119 Å². The second kappa shape index (κ2) is 6.18. The summed E-state index contributed by atoms with van der Waals surface area (Å²) in [5.41, 5.74) is 3.02. The van der Waals surface area contributed by atoms with E-state index < -0.39 is 0 Å². The Morgan fingerprint density at radius 3 is 2.55 bits per heavy atom. The second-order valence-corrected chi connectivity index (χ2v) is 5.08. The molecule has 0 amide bonds. The highest BCUT2D eigenvalue weighted by molar-refractivity contribution is 5.40. The molecule has 1 atom stereocenters. The zero-order valence-electron chi connectivity index (χ0n) is 12.5. The molecule has 0 saturated heterocycles. The maximum absolute atomic E-state index is 13.5. The van der Waals surface area contributed by atoms with Gasteiger partial charge in [-0.3, -0.25) is 4.98 Å². The van der Waals surface area contributed by atoms with Crippen LogP contribution in [0.4, 0.5) is 4.39 Å². The lowest BCUT2D eigenvalue weighted by Crippen LogP contribution is -2.24. The molecule has 2 aromatic heterocycles. The first kappa shape index (κ1) is 14.7. The molecular weight excluding hydrogens is 255 g/mol. The fourth-order valence-corrected chi connectivity index (χ4v) is 2.50. The molecule has 2 rings (SSSR count). The van der Waals surface area contributed by atoms with E-state index in [-0.39, 0.29) is 11.9 Å². The monoisotopic (exact) mass is 276 g/mol. The number of aryl methyl sites for hydroxylation is 2. The summed E-state index contributed by atoms with van der Waals surface area (Å²) in [6, 6.07) is 1.44. The van der Waals surface area contributed by atoms with Crippen molar-refractivity contribution in [1.82, 2.24) is 10.3 Å². The van der Waals surface area contributed by atoms with Gasteiger partial charge in [-0.05, 0) is 50.9 Å². The van der Waals surface area contributed by atoms with Crippen molar-refractivity contribution >= 4 is 0 Å². The average molecular weight is 276 g/mol. The largest absolute Gasteiger partial charge is 0.466 e. The normalized spacial score (nSPS) is 12.7. The predicted octanol–water partition coefficient (Wildman–Crippen LogP) is 3.83. The molecule has 0 aliphatic rings. The van der Waals surface area contributed by atoms with Gasteiger partial charge in [-0.1, -0.05) is 6.92 Å². The molecule has 1 unspecified atom stereocenters. The van der Waals surface area contributed by atoms with E-state index in [0.717, 1.165) is 41.2 Å². The molecule has 4 heteroatoms. The van der Waals surface area contributed by atoms with Crippen molar-refractivity contribution in [2.45, 2.75) is 40.2 Å². The Kier molecular flexibility index (Phi) is 4.55. The molecule has 0 aliphatic heterocycles. The number of hydrogen-bond donors (Lipinski definition) is 1. The summed E-state index contributed by atoms with van der Waals surface area (Å²) in [6.45, 7) is 8.89. The van der Waals surface area contributed by atoms with Gasteiger partial charge in [0.2, 0.25) is 0 Å². The highest BCUT2D eigenvalue weighted by Gasteiger charge is 2.22. The number of nitrogens with one attached hydrogen (secondary N) is 1. The lowest BCUT2D eigenvalue weighted by molar-refractivity contribution is 0.492. The molecular formula is C16H21FN2O. The van der Waals surface area contributed by atoms with E-state index in [9.17, 15) is 4.39 Å². The summed E-state index contributed by atoms with van der Waals surface area (Å²) >= 11 is 0. The van der Waals surface area contributed by atoms with E-state index >= 15 is 0 Å². The third-order valence-electron chi connectivity index (χ3n) is 3.56. The molecule has 3 nitrogen and oxygen atoms in total. The van der Waals surface area contributed by atoms with Crippen molar-refractivity contribution in [3.8, 4) is 0 Å². The maximum atomic E-state index is 13.5. The molecule has 0 aromatic carbocycles. The van der Waals surface area contributed by atoms with E-state index in [1.165, 1.54) is 12.3 Å². The Morgan fingerprint density at radius 1 is 1.25 bits per heavy atom. The van der Waals surface area contributed by atoms with Gasteiger partial charge in [-0.2, -0.15) is 0 Å². The van der Waals surface area contributed by atoms with Gasteiger partial charge in [0.1, 0.15) is 17.3 Å². The molecule has 0 fully saturated rings. The quantitative estimate of drug-likeness (QED) is 0.902. The minimum absolute atomic E-state index is 0.0874. The van der Waals surface area contributed by atoms with Gasteiger partial charge in [0, 0.05) is 11.8 Å². The molecule has 0 radical (unpaired) electrons. The average Bonchev–Trinajstić information content (AvgIpc) is 2.66. The summed E-state index contributed by atoms with van der Waals surface area (Å²) < 4.78 is 19.2. The van der Waals surface area contributed by atoms with Crippen LogP contribution in [-0.2, 0) is 0 Å². The number of aromatic nitrogens is 1. The standard InChI is InChI=1S/C16H21FN2O/c1-5-6-19-16(13-7-14(17)9-18-8-13)15-10(2)11(3)20-12(15)4/h7-9,16,19H,5-6H2,1-4H3. The van der Waals surface area contributed by atoms with E-state index in [2.05, 4.69) is 17.2 Å². The van der Waals surface area contributed by atoms with Crippen molar-refractivity contribution in [1.29, 1.82) is 0 Å². The zero-order chi connectivity index (χ0) is 14.7. The van der Waals surface area contributed by atoms with Crippen molar-refractivity contribution in [2.24, 2.45) is 0 Å². The van der Waals surface area contributed by atoms with Crippen LogP contribution >= 0.6 is 0 Å². The number of nitrogens with zero attached hydrogens (tertiary/aromatic N) is 1. The van der Waals surface area contributed by atoms with Crippen LogP contribution in [0.1, 0.15) is 47.6 Å². The van der Waals surface area contributed by atoms with E-state index in [1.807, 2.05) is 20.8 Å². The van der Waals surface area contributed by atoms with Crippen LogP contribution in [0.25, 0.3) is 0 Å². The number of halogens is 1. The fourth-order valence-electron chi connectivity index (χ4n) is 2.50. The summed E-state index contributed by atoms with van der Waals surface area (Å²) in [4.78, 5) is 3.96. The van der Waals surface area contributed by atoms with Gasteiger partial charge >= 0.3 is 0 Å². The Balaban J connectivity index is 2.47. The van der Waals surface area contributed by atoms with Crippen molar-refractivity contribution in [2.75, 3.05) is 6.54 Å². The van der Waals surface area contributed by atoms with Crippen molar-refractivity contribution < 1.29 is 8.81 Å². The first-order valence-corrected chi connectivity index (χ1v) is 6.95. The Hall–Kier alpha value is -1.68. The molecule has 0 bridgehead atoms. The van der Waals surface area contributed by atoms with Crippen LogP contribution in [0.15, 0.2) is 22.9 Å². The van der Waals surface area contributed by atoms with Crippen LogP contribution in [-0.4, -0.2) is 11.5 Å². The third-order valence-corrected chi connectivity index (χ3v) is 3.56.